The molecular formula is C21H23N5O2S. The summed E-state index contributed by atoms with van der Waals surface area (Å²) < 4.78 is 0. The maximum atomic E-state index is 12.8. The summed E-state index contributed by atoms with van der Waals surface area (Å²) in [5, 5.41) is 3.57. The van der Waals surface area contributed by atoms with E-state index in [4.69, 9.17) is 0 Å². The smallest absolute Gasteiger partial charge is 0.265 e. The van der Waals surface area contributed by atoms with E-state index in [0.717, 1.165) is 0 Å². The van der Waals surface area contributed by atoms with Gasteiger partial charge in [0, 0.05) is 39.3 Å². The number of fused-ring (bicyclic) bond motifs is 1. The quantitative estimate of drug-likeness (QED) is 0.514. The maximum Gasteiger partial charge on any atom is 0.265 e. The van der Waals surface area contributed by atoms with Crippen LogP contribution in [0.3, 0.4) is 0 Å². The number of rotatable bonds is 5. The number of anilines is 1. The molecule has 0 aliphatic heterocycles. The van der Waals surface area contributed by atoms with Crippen molar-refractivity contribution in [1.29, 1.82) is 0 Å². The maximum absolute atomic E-state index is 12.8. The Bertz CT molecular complexity index is 1090. The van der Waals surface area contributed by atoms with Crippen LogP contribution >= 0.6 is 11.3 Å². The third kappa shape index (κ3) is 4.43. The van der Waals surface area contributed by atoms with Gasteiger partial charge in [0.15, 0.2) is 0 Å². The van der Waals surface area contributed by atoms with Crippen molar-refractivity contribution >= 4 is 51.1 Å². The van der Waals surface area contributed by atoms with Crippen molar-refractivity contribution in [2.75, 3.05) is 33.5 Å². The molecule has 8 heteroatoms. The second kappa shape index (κ2) is 8.40. The zero-order valence-electron chi connectivity index (χ0n) is 17.1. The molecule has 3 rings (SSSR count). The van der Waals surface area contributed by atoms with Crippen LogP contribution in [-0.4, -0.2) is 61.1 Å². The minimum absolute atomic E-state index is 0.146. The van der Waals surface area contributed by atoms with E-state index in [1.165, 1.54) is 16.2 Å². The van der Waals surface area contributed by atoms with E-state index in [1.54, 1.807) is 38.3 Å². The van der Waals surface area contributed by atoms with Gasteiger partial charge in [-0.3, -0.25) is 9.59 Å². The van der Waals surface area contributed by atoms with Crippen LogP contribution in [0.2, 0.25) is 0 Å². The van der Waals surface area contributed by atoms with Gasteiger partial charge in [-0.05, 0) is 25.1 Å². The Morgan fingerprint density at radius 1 is 1.14 bits per heavy atom. The summed E-state index contributed by atoms with van der Waals surface area (Å²) >= 11 is 1.28. The zero-order valence-corrected chi connectivity index (χ0v) is 17.9. The van der Waals surface area contributed by atoms with Crippen LogP contribution in [-0.2, 0) is 0 Å². The SMILES string of the molecule is Cc1nc2sc(C(=O)N(C)C)c(N=CN(C)C)c2cc1C(=O)Nc1ccccc1. The highest BCUT2D eigenvalue weighted by atomic mass is 32.1. The third-order valence-electron chi connectivity index (χ3n) is 4.14. The van der Waals surface area contributed by atoms with Crippen molar-refractivity contribution in [2.45, 2.75) is 6.92 Å². The molecule has 1 N–H and O–H groups in total. The van der Waals surface area contributed by atoms with Crippen LogP contribution in [0.15, 0.2) is 41.4 Å². The molecule has 0 aliphatic rings. The summed E-state index contributed by atoms with van der Waals surface area (Å²) in [7, 11) is 7.10. The Hall–Kier alpha value is -3.26. The number of pyridine rings is 1. The fourth-order valence-electron chi connectivity index (χ4n) is 2.70. The van der Waals surface area contributed by atoms with Gasteiger partial charge >= 0.3 is 0 Å². The van der Waals surface area contributed by atoms with E-state index in [1.807, 2.05) is 44.4 Å². The molecule has 0 spiro atoms. The molecule has 7 nitrogen and oxygen atoms in total. The van der Waals surface area contributed by atoms with E-state index in [2.05, 4.69) is 15.3 Å². The normalized spacial score (nSPS) is 11.1. The number of carbonyl (C=O) groups excluding carboxylic acids is 2. The number of aromatic nitrogens is 1. The summed E-state index contributed by atoms with van der Waals surface area (Å²) in [6, 6.07) is 11.0. The van der Waals surface area contributed by atoms with Crippen LogP contribution in [0, 0.1) is 6.92 Å². The molecule has 2 aromatic heterocycles. The number of benzene rings is 1. The number of thiophene rings is 1. The minimum Gasteiger partial charge on any atom is -0.369 e. The first-order valence-corrected chi connectivity index (χ1v) is 9.82. The lowest BCUT2D eigenvalue weighted by Crippen LogP contribution is -2.20. The van der Waals surface area contributed by atoms with Crippen molar-refractivity contribution in [3.05, 3.63) is 52.5 Å². The highest BCUT2D eigenvalue weighted by Crippen LogP contribution is 2.38. The highest BCUT2D eigenvalue weighted by molar-refractivity contribution is 7.21. The van der Waals surface area contributed by atoms with Crippen molar-refractivity contribution in [3.63, 3.8) is 0 Å². The molecule has 150 valence electrons. The molecule has 29 heavy (non-hydrogen) atoms. The first-order chi connectivity index (χ1) is 13.8. The van der Waals surface area contributed by atoms with Crippen molar-refractivity contribution < 1.29 is 9.59 Å². The summed E-state index contributed by atoms with van der Waals surface area (Å²) in [6.07, 6.45) is 1.64. The van der Waals surface area contributed by atoms with Gasteiger partial charge in [0.2, 0.25) is 0 Å². The van der Waals surface area contributed by atoms with Gasteiger partial charge in [0.1, 0.15) is 9.71 Å². The molecule has 3 aromatic rings. The van der Waals surface area contributed by atoms with Gasteiger partial charge in [-0.1, -0.05) is 18.2 Å². The lowest BCUT2D eigenvalue weighted by molar-refractivity contribution is 0.0832. The van der Waals surface area contributed by atoms with E-state index < -0.39 is 0 Å². The zero-order chi connectivity index (χ0) is 21.1. The van der Waals surface area contributed by atoms with Crippen molar-refractivity contribution in [2.24, 2.45) is 4.99 Å². The number of aryl methyl sites for hydroxylation is 1. The largest absolute Gasteiger partial charge is 0.369 e. The van der Waals surface area contributed by atoms with Crippen molar-refractivity contribution in [3.8, 4) is 0 Å². The van der Waals surface area contributed by atoms with E-state index in [9.17, 15) is 9.59 Å². The number of amides is 2. The van der Waals surface area contributed by atoms with E-state index in [0.29, 0.717) is 37.7 Å². The molecule has 0 atom stereocenters. The van der Waals surface area contributed by atoms with Gasteiger partial charge in [0.25, 0.3) is 11.8 Å². The molecule has 0 saturated carbocycles. The Kier molecular flexibility index (Phi) is 5.93. The molecule has 0 saturated heterocycles. The molecule has 0 radical (unpaired) electrons. The Morgan fingerprint density at radius 2 is 1.83 bits per heavy atom. The molecular weight excluding hydrogens is 386 g/mol. The second-order valence-corrected chi connectivity index (χ2v) is 7.98. The topological polar surface area (TPSA) is 77.9 Å². The molecule has 0 unspecified atom stereocenters. The standard InChI is InChI=1S/C21H23N5O2S/c1-13-15(19(27)24-14-9-7-6-8-10-14)11-16-17(22-12-25(2)3)18(21(28)26(4)5)29-20(16)23-13/h6-12H,1-5H3,(H,24,27). The number of carbonyl (C=O) groups is 2. The summed E-state index contributed by atoms with van der Waals surface area (Å²) in [6.45, 7) is 1.79. The minimum atomic E-state index is -0.252. The molecule has 1 aromatic carbocycles. The fraction of sp³-hybridized carbons (Fsp3) is 0.238. The molecule has 0 bridgehead atoms. The van der Waals surface area contributed by atoms with Crippen LogP contribution < -0.4 is 5.32 Å². The number of nitrogens with one attached hydrogen (secondary N) is 1. The Labute approximate surface area is 173 Å². The van der Waals surface area contributed by atoms with Gasteiger partial charge in [-0.25, -0.2) is 9.98 Å². The highest BCUT2D eigenvalue weighted by Gasteiger charge is 2.23. The van der Waals surface area contributed by atoms with Gasteiger partial charge in [-0.2, -0.15) is 0 Å². The van der Waals surface area contributed by atoms with Crippen molar-refractivity contribution in [1.82, 2.24) is 14.8 Å². The average Bonchev–Trinajstić information content (AvgIpc) is 3.02. The van der Waals surface area contributed by atoms with E-state index in [-0.39, 0.29) is 11.8 Å². The number of aliphatic imine (C=N–C) groups is 1. The molecule has 0 fully saturated rings. The fourth-order valence-corrected chi connectivity index (χ4v) is 3.87. The van der Waals surface area contributed by atoms with Crippen LogP contribution in [0.1, 0.15) is 25.7 Å². The predicted octanol–water partition coefficient (Wildman–Crippen LogP) is 3.78. The third-order valence-corrected chi connectivity index (χ3v) is 5.22. The number of para-hydroxylation sites is 1. The summed E-state index contributed by atoms with van der Waals surface area (Å²) in [4.78, 5) is 39.1. The van der Waals surface area contributed by atoms with Gasteiger partial charge < -0.3 is 15.1 Å². The molecule has 2 heterocycles. The Morgan fingerprint density at radius 3 is 2.45 bits per heavy atom. The molecule has 2 amide bonds. The number of hydrogen-bond acceptors (Lipinski definition) is 5. The average molecular weight is 410 g/mol. The first-order valence-electron chi connectivity index (χ1n) is 9.00. The Balaban J connectivity index is 2.12. The number of nitrogens with zero attached hydrogens (tertiary/aromatic N) is 4. The monoisotopic (exact) mass is 409 g/mol. The summed E-state index contributed by atoms with van der Waals surface area (Å²) in [5.41, 5.74) is 2.28. The van der Waals surface area contributed by atoms with Gasteiger partial charge in [-0.15, -0.1) is 11.3 Å². The number of hydrogen-bond donors (Lipinski definition) is 1. The summed E-state index contributed by atoms with van der Waals surface area (Å²) in [5.74, 6) is -0.399. The van der Waals surface area contributed by atoms with Gasteiger partial charge in [0.05, 0.1) is 23.3 Å². The van der Waals surface area contributed by atoms with Crippen LogP contribution in [0.5, 0.6) is 0 Å². The predicted molar refractivity (Wildman–Crippen MR) is 119 cm³/mol. The lowest BCUT2D eigenvalue weighted by Gasteiger charge is -2.10. The molecule has 0 aliphatic carbocycles. The van der Waals surface area contributed by atoms with E-state index >= 15 is 0 Å². The lowest BCUT2D eigenvalue weighted by atomic mass is 10.1. The first kappa shape index (κ1) is 20.5. The van der Waals surface area contributed by atoms with Crippen LogP contribution in [0.25, 0.3) is 10.2 Å². The van der Waals surface area contributed by atoms with Crippen LogP contribution in [0.4, 0.5) is 11.4 Å². The second-order valence-electron chi connectivity index (χ2n) is 6.98.